The van der Waals surface area contributed by atoms with Crippen LogP contribution in [0.3, 0.4) is 0 Å². The molecule has 8 nitrogen and oxygen atoms in total. The Morgan fingerprint density at radius 1 is 0.718 bits per heavy atom. The van der Waals surface area contributed by atoms with E-state index in [1.54, 1.807) is 40.6 Å². The van der Waals surface area contributed by atoms with Crippen LogP contribution in [0.25, 0.3) is 0 Å². The van der Waals surface area contributed by atoms with Crippen molar-refractivity contribution in [1.29, 1.82) is 0 Å². The second kappa shape index (κ2) is 15.8. The molecule has 216 valence electrons. The van der Waals surface area contributed by atoms with Gasteiger partial charge in [-0.3, -0.25) is 0 Å². The van der Waals surface area contributed by atoms with Crippen LogP contribution in [0, 0.1) is 0 Å². The second-order valence-electron chi connectivity index (χ2n) is 9.40. The number of ether oxygens (including phenoxy) is 4. The first-order chi connectivity index (χ1) is 18.4. The van der Waals surface area contributed by atoms with E-state index in [0.717, 1.165) is 48.9 Å². The summed E-state index contributed by atoms with van der Waals surface area (Å²) in [5.41, 5.74) is 4.84. The summed E-state index contributed by atoms with van der Waals surface area (Å²) in [6.45, 7) is 9.04. The van der Waals surface area contributed by atoms with E-state index in [-0.39, 0.29) is 25.6 Å². The van der Waals surface area contributed by atoms with E-state index in [4.69, 9.17) is 18.9 Å². The van der Waals surface area contributed by atoms with Crippen molar-refractivity contribution >= 4 is 13.5 Å². The van der Waals surface area contributed by atoms with Crippen molar-refractivity contribution in [2.45, 2.75) is 50.0 Å². The molecule has 0 spiro atoms. The summed E-state index contributed by atoms with van der Waals surface area (Å²) in [4.78, 5) is 0. The van der Waals surface area contributed by atoms with E-state index in [2.05, 4.69) is 23.8 Å². The Morgan fingerprint density at radius 2 is 1.05 bits per heavy atom. The SMILES string of the molecule is C=CC(O)C[C@@H]1NCCc2cc(OC)c(OC)cc21.C=CC(O)C[C@H]1NCCc2cc(OC)c(OC)cc21.S. The number of aliphatic hydroxyl groups is 2. The lowest BCUT2D eigenvalue weighted by Gasteiger charge is -2.29. The molecule has 2 aromatic carbocycles. The van der Waals surface area contributed by atoms with Gasteiger partial charge in [-0.15, -0.1) is 13.2 Å². The van der Waals surface area contributed by atoms with Gasteiger partial charge in [-0.05, 0) is 85.3 Å². The molecule has 4 atom stereocenters. The van der Waals surface area contributed by atoms with Crippen LogP contribution in [0.15, 0.2) is 49.6 Å². The lowest BCUT2D eigenvalue weighted by molar-refractivity contribution is 0.192. The van der Waals surface area contributed by atoms with Crippen molar-refractivity contribution < 1.29 is 29.2 Å². The smallest absolute Gasteiger partial charge is 0.161 e. The quantitative estimate of drug-likeness (QED) is 0.326. The molecule has 9 heteroatoms. The molecular weight excluding hydrogens is 516 g/mol. The van der Waals surface area contributed by atoms with Gasteiger partial charge in [-0.2, -0.15) is 13.5 Å². The fourth-order valence-corrected chi connectivity index (χ4v) is 5.03. The number of hydrogen-bond donors (Lipinski definition) is 4. The molecule has 0 aliphatic carbocycles. The standard InChI is InChI=1S/2C15H21NO3.H2S/c2*1-4-11(17)8-13-12-9-15(19-3)14(18-2)7-10(12)5-6-16-13;/h2*4,7,9,11,13,16-17H,1,5-6,8H2,2-3H3;1H2/t2*11?,13-;/m10./s1. The zero-order valence-corrected chi connectivity index (χ0v) is 24.5. The van der Waals surface area contributed by atoms with Gasteiger partial charge in [0.05, 0.1) is 40.6 Å². The molecule has 0 radical (unpaired) electrons. The van der Waals surface area contributed by atoms with E-state index in [9.17, 15) is 10.2 Å². The first-order valence-electron chi connectivity index (χ1n) is 13.0. The van der Waals surface area contributed by atoms with Crippen molar-refractivity contribution in [1.82, 2.24) is 10.6 Å². The lowest BCUT2D eigenvalue weighted by Crippen LogP contribution is -2.32. The Balaban J connectivity index is 0.000000267. The Labute approximate surface area is 239 Å². The zero-order valence-electron chi connectivity index (χ0n) is 23.5. The molecule has 4 rings (SSSR count). The van der Waals surface area contributed by atoms with E-state index >= 15 is 0 Å². The topological polar surface area (TPSA) is 101 Å². The number of benzene rings is 2. The molecule has 2 unspecified atom stereocenters. The normalized spacial score (nSPS) is 18.9. The van der Waals surface area contributed by atoms with Crippen LogP contribution in [-0.4, -0.2) is 63.9 Å². The van der Waals surface area contributed by atoms with Gasteiger partial charge in [-0.1, -0.05) is 12.2 Å². The minimum absolute atomic E-state index is 0. The molecule has 2 aliphatic rings. The van der Waals surface area contributed by atoms with Gasteiger partial charge in [0.2, 0.25) is 0 Å². The van der Waals surface area contributed by atoms with Crippen LogP contribution in [-0.2, 0) is 12.8 Å². The van der Waals surface area contributed by atoms with Gasteiger partial charge in [0, 0.05) is 12.1 Å². The number of hydrogen-bond acceptors (Lipinski definition) is 8. The third-order valence-electron chi connectivity index (χ3n) is 7.11. The molecule has 0 saturated carbocycles. The van der Waals surface area contributed by atoms with Crippen molar-refractivity contribution in [2.75, 3.05) is 41.5 Å². The summed E-state index contributed by atoms with van der Waals surface area (Å²) >= 11 is 0. The van der Waals surface area contributed by atoms with E-state index in [1.807, 2.05) is 24.3 Å². The van der Waals surface area contributed by atoms with Gasteiger partial charge in [-0.25, -0.2) is 0 Å². The third kappa shape index (κ3) is 8.16. The molecular formula is C30H44N2O6S. The molecule has 0 saturated heterocycles. The van der Waals surface area contributed by atoms with Gasteiger partial charge in [0.15, 0.2) is 23.0 Å². The number of aliphatic hydroxyl groups excluding tert-OH is 2. The van der Waals surface area contributed by atoms with Gasteiger partial charge < -0.3 is 39.8 Å². The second-order valence-corrected chi connectivity index (χ2v) is 9.40. The van der Waals surface area contributed by atoms with E-state index in [0.29, 0.717) is 12.8 Å². The van der Waals surface area contributed by atoms with E-state index in [1.165, 1.54) is 22.3 Å². The summed E-state index contributed by atoms with van der Waals surface area (Å²) in [5, 5.41) is 26.3. The molecule has 0 fully saturated rings. The van der Waals surface area contributed by atoms with Crippen molar-refractivity contribution in [3.63, 3.8) is 0 Å². The number of nitrogens with one attached hydrogen (secondary N) is 2. The zero-order chi connectivity index (χ0) is 27.7. The molecule has 2 aromatic rings. The molecule has 0 bridgehead atoms. The number of rotatable bonds is 10. The Morgan fingerprint density at radius 3 is 1.36 bits per heavy atom. The maximum Gasteiger partial charge on any atom is 0.161 e. The molecule has 4 N–H and O–H groups in total. The lowest BCUT2D eigenvalue weighted by atomic mass is 9.90. The highest BCUT2D eigenvalue weighted by Gasteiger charge is 2.25. The van der Waals surface area contributed by atoms with Crippen LogP contribution >= 0.6 is 13.5 Å². The minimum atomic E-state index is -0.503. The fourth-order valence-electron chi connectivity index (χ4n) is 5.03. The maximum absolute atomic E-state index is 9.75. The highest BCUT2D eigenvalue weighted by Crippen LogP contribution is 2.37. The van der Waals surface area contributed by atoms with Crippen LogP contribution in [0.5, 0.6) is 23.0 Å². The van der Waals surface area contributed by atoms with Crippen LogP contribution in [0.2, 0.25) is 0 Å². The first-order valence-corrected chi connectivity index (χ1v) is 13.0. The number of fused-ring (bicyclic) bond motifs is 2. The molecule has 0 aromatic heterocycles. The van der Waals surface area contributed by atoms with Gasteiger partial charge in [0.1, 0.15) is 0 Å². The predicted octanol–water partition coefficient (Wildman–Crippen LogP) is 3.77. The molecule has 2 aliphatic heterocycles. The van der Waals surface area contributed by atoms with Gasteiger partial charge >= 0.3 is 0 Å². The third-order valence-corrected chi connectivity index (χ3v) is 7.11. The predicted molar refractivity (Wildman–Crippen MR) is 160 cm³/mol. The average molecular weight is 561 g/mol. The number of methoxy groups -OCH3 is 4. The summed E-state index contributed by atoms with van der Waals surface area (Å²) < 4.78 is 21.4. The Bertz CT molecular complexity index is 1010. The summed E-state index contributed by atoms with van der Waals surface area (Å²) in [5.74, 6) is 2.96. The highest BCUT2D eigenvalue weighted by molar-refractivity contribution is 7.59. The van der Waals surface area contributed by atoms with Crippen molar-refractivity contribution in [2.24, 2.45) is 0 Å². The largest absolute Gasteiger partial charge is 0.493 e. The monoisotopic (exact) mass is 560 g/mol. The van der Waals surface area contributed by atoms with Crippen LogP contribution in [0.4, 0.5) is 0 Å². The average Bonchev–Trinajstić information content (AvgIpc) is 2.96. The van der Waals surface area contributed by atoms with Crippen molar-refractivity contribution in [3.8, 4) is 23.0 Å². The highest BCUT2D eigenvalue weighted by atomic mass is 32.1. The minimum Gasteiger partial charge on any atom is -0.493 e. The Hall–Kier alpha value is -2.69. The van der Waals surface area contributed by atoms with Gasteiger partial charge in [0.25, 0.3) is 0 Å². The molecule has 39 heavy (non-hydrogen) atoms. The van der Waals surface area contributed by atoms with Crippen molar-refractivity contribution in [3.05, 3.63) is 71.8 Å². The fraction of sp³-hybridized carbons (Fsp3) is 0.467. The van der Waals surface area contributed by atoms with Crippen LogP contribution in [0.1, 0.15) is 47.2 Å². The van der Waals surface area contributed by atoms with Crippen LogP contribution < -0.4 is 29.6 Å². The summed E-state index contributed by atoms with van der Waals surface area (Å²) in [6, 6.07) is 8.31. The molecule has 0 amide bonds. The maximum atomic E-state index is 9.75. The summed E-state index contributed by atoms with van der Waals surface area (Å²) in [7, 11) is 6.55. The molecule has 2 heterocycles. The summed E-state index contributed by atoms with van der Waals surface area (Å²) in [6.07, 6.45) is 5.27. The van der Waals surface area contributed by atoms with E-state index < -0.39 is 12.2 Å². The first kappa shape index (κ1) is 32.5. The Kier molecular flexibility index (Phi) is 13.2.